The van der Waals surface area contributed by atoms with Crippen LogP contribution in [-0.2, 0) is 4.74 Å². The highest BCUT2D eigenvalue weighted by atomic mass is 16.5. The van der Waals surface area contributed by atoms with Gasteiger partial charge in [0.15, 0.2) is 0 Å². The van der Waals surface area contributed by atoms with Crippen molar-refractivity contribution in [3.63, 3.8) is 0 Å². The van der Waals surface area contributed by atoms with Crippen molar-refractivity contribution >= 4 is 0 Å². The summed E-state index contributed by atoms with van der Waals surface area (Å²) in [5.41, 5.74) is 5.98. The number of aliphatic hydroxyl groups excluding tert-OH is 1. The lowest BCUT2D eigenvalue weighted by Crippen LogP contribution is -2.37. The van der Waals surface area contributed by atoms with Crippen LogP contribution in [0.3, 0.4) is 0 Å². The summed E-state index contributed by atoms with van der Waals surface area (Å²) in [4.78, 5) is 0. The van der Waals surface area contributed by atoms with E-state index in [2.05, 4.69) is 0 Å². The monoisotopic (exact) mass is 199 g/mol. The van der Waals surface area contributed by atoms with Gasteiger partial charge in [-0.15, -0.1) is 0 Å². The molecule has 2 fully saturated rings. The molecule has 0 bridgehead atoms. The van der Waals surface area contributed by atoms with Crippen molar-refractivity contribution < 1.29 is 9.84 Å². The van der Waals surface area contributed by atoms with Gasteiger partial charge in [0.25, 0.3) is 0 Å². The third-order valence-corrected chi connectivity index (χ3v) is 4.52. The van der Waals surface area contributed by atoms with Crippen LogP contribution in [0.25, 0.3) is 0 Å². The van der Waals surface area contributed by atoms with E-state index in [0.717, 1.165) is 12.8 Å². The van der Waals surface area contributed by atoms with Crippen LogP contribution < -0.4 is 5.73 Å². The van der Waals surface area contributed by atoms with Crippen molar-refractivity contribution in [3.05, 3.63) is 0 Å². The van der Waals surface area contributed by atoms with Gasteiger partial charge < -0.3 is 15.6 Å². The molecule has 3 heteroatoms. The third-order valence-electron chi connectivity index (χ3n) is 4.52. The first-order valence-corrected chi connectivity index (χ1v) is 5.58. The lowest BCUT2D eigenvalue weighted by atomic mass is 9.77. The van der Waals surface area contributed by atoms with Crippen molar-refractivity contribution in [1.82, 2.24) is 0 Å². The predicted molar refractivity (Wildman–Crippen MR) is 54.9 cm³/mol. The van der Waals surface area contributed by atoms with Crippen LogP contribution in [0.2, 0.25) is 0 Å². The second-order valence-corrected chi connectivity index (χ2v) is 4.95. The molecule has 3 nitrogen and oxygen atoms in total. The van der Waals surface area contributed by atoms with E-state index < -0.39 is 0 Å². The summed E-state index contributed by atoms with van der Waals surface area (Å²) in [6.07, 6.45) is 6.23. The lowest BCUT2D eigenvalue weighted by Gasteiger charge is -2.35. The smallest absolute Gasteiger partial charge is 0.0634 e. The largest absolute Gasteiger partial charge is 0.396 e. The fourth-order valence-corrected chi connectivity index (χ4v) is 3.47. The molecule has 2 aliphatic carbocycles. The molecule has 0 amide bonds. The highest BCUT2D eigenvalue weighted by Gasteiger charge is 2.69. The SMILES string of the molecule is COC1CCCCC12CC2(CN)CO. The van der Waals surface area contributed by atoms with Crippen LogP contribution in [0.1, 0.15) is 32.1 Å². The first-order valence-electron chi connectivity index (χ1n) is 5.58. The Kier molecular flexibility index (Phi) is 2.58. The molecule has 0 heterocycles. The minimum Gasteiger partial charge on any atom is -0.396 e. The normalized spacial score (nSPS) is 46.9. The van der Waals surface area contributed by atoms with Crippen LogP contribution in [-0.4, -0.2) is 31.5 Å². The molecule has 0 aliphatic heterocycles. The number of rotatable bonds is 3. The Hall–Kier alpha value is -0.120. The van der Waals surface area contributed by atoms with Crippen LogP contribution in [0.5, 0.6) is 0 Å². The van der Waals surface area contributed by atoms with E-state index in [1.165, 1.54) is 19.3 Å². The molecular weight excluding hydrogens is 178 g/mol. The minimum absolute atomic E-state index is 0.0197. The average Bonchev–Trinajstić information content (AvgIpc) is 2.88. The molecule has 0 aromatic rings. The fourth-order valence-electron chi connectivity index (χ4n) is 3.47. The summed E-state index contributed by atoms with van der Waals surface area (Å²) in [5.74, 6) is 0. The summed E-state index contributed by atoms with van der Waals surface area (Å²) >= 11 is 0. The number of hydrogen-bond acceptors (Lipinski definition) is 3. The average molecular weight is 199 g/mol. The van der Waals surface area contributed by atoms with E-state index in [4.69, 9.17) is 10.5 Å². The van der Waals surface area contributed by atoms with E-state index in [9.17, 15) is 5.11 Å². The van der Waals surface area contributed by atoms with Gasteiger partial charge >= 0.3 is 0 Å². The summed E-state index contributed by atoms with van der Waals surface area (Å²) in [6.45, 7) is 0.826. The molecule has 0 aromatic heterocycles. The molecule has 0 aromatic carbocycles. The van der Waals surface area contributed by atoms with Crippen molar-refractivity contribution in [1.29, 1.82) is 0 Å². The molecular formula is C11H21NO2. The molecule has 14 heavy (non-hydrogen) atoms. The molecule has 3 N–H and O–H groups in total. The van der Waals surface area contributed by atoms with Crippen LogP contribution in [0.4, 0.5) is 0 Å². The third kappa shape index (κ3) is 1.16. The molecule has 82 valence electrons. The summed E-state index contributed by atoms with van der Waals surface area (Å²) in [7, 11) is 1.79. The first kappa shape index (κ1) is 10.4. The van der Waals surface area contributed by atoms with Gasteiger partial charge in [0.1, 0.15) is 0 Å². The summed E-state index contributed by atoms with van der Waals surface area (Å²) in [5, 5.41) is 9.45. The quantitative estimate of drug-likeness (QED) is 0.710. The summed E-state index contributed by atoms with van der Waals surface area (Å²) in [6, 6.07) is 0. The zero-order valence-corrected chi connectivity index (χ0v) is 8.96. The van der Waals surface area contributed by atoms with Crippen LogP contribution in [0.15, 0.2) is 0 Å². The van der Waals surface area contributed by atoms with E-state index in [0.29, 0.717) is 12.6 Å². The fraction of sp³-hybridized carbons (Fsp3) is 1.00. The Labute approximate surface area is 85.6 Å². The molecule has 0 saturated heterocycles. The Bertz CT molecular complexity index is 215. The second-order valence-electron chi connectivity index (χ2n) is 4.95. The van der Waals surface area contributed by atoms with Gasteiger partial charge in [0.05, 0.1) is 12.7 Å². The van der Waals surface area contributed by atoms with E-state index in [1.807, 2.05) is 0 Å². The van der Waals surface area contributed by atoms with Crippen molar-refractivity contribution in [2.45, 2.75) is 38.2 Å². The molecule has 3 atom stereocenters. The number of ether oxygens (including phenoxy) is 1. The maximum Gasteiger partial charge on any atom is 0.0634 e. The Morgan fingerprint density at radius 2 is 2.29 bits per heavy atom. The van der Waals surface area contributed by atoms with Crippen LogP contribution in [0, 0.1) is 10.8 Å². The van der Waals surface area contributed by atoms with E-state index in [1.54, 1.807) is 7.11 Å². The van der Waals surface area contributed by atoms with Crippen LogP contribution >= 0.6 is 0 Å². The van der Waals surface area contributed by atoms with E-state index >= 15 is 0 Å². The minimum atomic E-state index is -0.0197. The molecule has 2 saturated carbocycles. The molecule has 1 spiro atoms. The first-order chi connectivity index (χ1) is 6.74. The number of methoxy groups -OCH3 is 1. The predicted octanol–water partition coefficient (Wildman–Crippen LogP) is 0.903. The Balaban J connectivity index is 2.15. The van der Waals surface area contributed by atoms with Gasteiger partial charge in [-0.3, -0.25) is 0 Å². The molecule has 3 unspecified atom stereocenters. The van der Waals surface area contributed by atoms with Crippen molar-refractivity contribution in [2.75, 3.05) is 20.3 Å². The molecule has 2 aliphatic rings. The standard InChI is InChI=1S/C11H21NO2/c1-14-9-4-2-3-5-11(9)6-10(11,7-12)8-13/h9,13H,2-8,12H2,1H3. The topological polar surface area (TPSA) is 55.5 Å². The maximum atomic E-state index is 9.45. The van der Waals surface area contributed by atoms with Gasteiger partial charge in [0.2, 0.25) is 0 Å². The second kappa shape index (κ2) is 3.47. The maximum absolute atomic E-state index is 9.45. The highest BCUT2D eigenvalue weighted by molar-refractivity contribution is 5.19. The number of aliphatic hydroxyl groups is 1. The van der Waals surface area contributed by atoms with Gasteiger partial charge in [-0.2, -0.15) is 0 Å². The molecule has 2 rings (SSSR count). The Morgan fingerprint density at radius 3 is 2.79 bits per heavy atom. The van der Waals surface area contributed by atoms with Crippen molar-refractivity contribution in [3.8, 4) is 0 Å². The summed E-state index contributed by atoms with van der Waals surface area (Å²) < 4.78 is 5.56. The van der Waals surface area contributed by atoms with Gasteiger partial charge in [-0.05, 0) is 19.3 Å². The number of nitrogens with two attached hydrogens (primary N) is 1. The Morgan fingerprint density at radius 1 is 1.50 bits per heavy atom. The van der Waals surface area contributed by atoms with Gasteiger partial charge in [0, 0.05) is 24.5 Å². The van der Waals surface area contributed by atoms with Crippen molar-refractivity contribution in [2.24, 2.45) is 16.6 Å². The zero-order valence-electron chi connectivity index (χ0n) is 8.96. The van der Waals surface area contributed by atoms with Gasteiger partial charge in [-0.25, -0.2) is 0 Å². The lowest BCUT2D eigenvalue weighted by molar-refractivity contribution is -0.0175. The van der Waals surface area contributed by atoms with Gasteiger partial charge in [-0.1, -0.05) is 12.8 Å². The number of hydrogen-bond donors (Lipinski definition) is 2. The highest BCUT2D eigenvalue weighted by Crippen LogP contribution is 2.70. The zero-order chi connectivity index (χ0) is 10.2. The van der Waals surface area contributed by atoms with E-state index in [-0.39, 0.29) is 17.4 Å². The molecule has 0 radical (unpaired) electrons.